The molecule has 0 aliphatic rings. The van der Waals surface area contributed by atoms with Crippen LogP contribution in [-0.2, 0) is 0 Å². The third kappa shape index (κ3) is 4.20. The summed E-state index contributed by atoms with van der Waals surface area (Å²) in [6.07, 6.45) is 0. The molecular weight excluding hydrogens is 592 g/mol. The molecule has 0 aliphatic carbocycles. The van der Waals surface area contributed by atoms with Gasteiger partial charge in [-0.1, -0.05) is 115 Å². The molecule has 6 nitrogen and oxygen atoms in total. The van der Waals surface area contributed by atoms with Crippen LogP contribution in [-0.4, -0.2) is 19.9 Å². The molecule has 0 saturated heterocycles. The highest BCUT2D eigenvalue weighted by Crippen LogP contribution is 2.39. The summed E-state index contributed by atoms with van der Waals surface area (Å²) < 4.78 is 12.8. The first-order valence-corrected chi connectivity index (χ1v) is 15.8. The van der Waals surface area contributed by atoms with Gasteiger partial charge in [0.05, 0.1) is 0 Å². The van der Waals surface area contributed by atoms with Gasteiger partial charge in [-0.15, -0.1) is 0 Å². The molecule has 10 aromatic rings. The van der Waals surface area contributed by atoms with Gasteiger partial charge in [0.25, 0.3) is 0 Å². The van der Waals surface area contributed by atoms with E-state index < -0.39 is 0 Å². The molecule has 0 N–H and O–H groups in total. The van der Waals surface area contributed by atoms with Crippen molar-refractivity contribution in [1.82, 2.24) is 19.9 Å². The Hall–Kier alpha value is -6.66. The van der Waals surface area contributed by atoms with Gasteiger partial charge in [0.1, 0.15) is 16.7 Å². The maximum absolute atomic E-state index is 6.61. The number of nitrogens with zero attached hydrogens (tertiary/aromatic N) is 4. The van der Waals surface area contributed by atoms with Gasteiger partial charge in [-0.2, -0.15) is 0 Å². The maximum atomic E-state index is 6.61. The Balaban J connectivity index is 1.25. The van der Waals surface area contributed by atoms with Crippen LogP contribution in [0.5, 0.6) is 0 Å². The van der Waals surface area contributed by atoms with E-state index in [0.717, 1.165) is 65.7 Å². The Morgan fingerprint density at radius 2 is 1.08 bits per heavy atom. The highest BCUT2D eigenvalue weighted by molar-refractivity contribution is 6.12. The predicted molar refractivity (Wildman–Crippen MR) is 191 cm³/mol. The molecule has 0 aliphatic heterocycles. The predicted octanol–water partition coefficient (Wildman–Crippen LogP) is 10.9. The molecular formula is C42H24N4O2. The molecule has 3 heterocycles. The van der Waals surface area contributed by atoms with Crippen molar-refractivity contribution in [3.8, 4) is 45.6 Å². The number of benzene rings is 7. The molecule has 0 saturated carbocycles. The fraction of sp³-hybridized carbons (Fsp3) is 0. The molecule has 0 spiro atoms. The first-order valence-electron chi connectivity index (χ1n) is 15.8. The SMILES string of the molecule is c1ccc(-c2nc(-c3cc4ccccc4c4oc(-c5ccc6ccccc6c5)nc34)nc(-c3cccc4oc5ccccc5c34)n2)cc1. The molecule has 224 valence electrons. The molecule has 48 heavy (non-hydrogen) atoms. The minimum absolute atomic E-state index is 0.512. The zero-order valence-corrected chi connectivity index (χ0v) is 25.5. The molecule has 10 rings (SSSR count). The number of hydrogen-bond acceptors (Lipinski definition) is 6. The minimum Gasteiger partial charge on any atom is -0.456 e. The van der Waals surface area contributed by atoms with E-state index in [1.165, 1.54) is 0 Å². The summed E-state index contributed by atoms with van der Waals surface area (Å²) in [6, 6.07) is 48.9. The van der Waals surface area contributed by atoms with Gasteiger partial charge in [-0.3, -0.25) is 0 Å². The highest BCUT2D eigenvalue weighted by atomic mass is 16.3. The second-order valence-electron chi connectivity index (χ2n) is 11.9. The van der Waals surface area contributed by atoms with E-state index in [2.05, 4.69) is 54.6 Å². The smallest absolute Gasteiger partial charge is 0.227 e. The van der Waals surface area contributed by atoms with Gasteiger partial charge in [-0.25, -0.2) is 19.9 Å². The lowest BCUT2D eigenvalue weighted by Crippen LogP contribution is -2.01. The Labute approximate surface area is 274 Å². The van der Waals surface area contributed by atoms with Crippen LogP contribution in [0.15, 0.2) is 154 Å². The first-order chi connectivity index (χ1) is 23.8. The van der Waals surface area contributed by atoms with Gasteiger partial charge in [0.2, 0.25) is 5.89 Å². The second-order valence-corrected chi connectivity index (χ2v) is 11.9. The average molecular weight is 617 g/mol. The zero-order valence-electron chi connectivity index (χ0n) is 25.5. The number of oxazole rings is 1. The van der Waals surface area contributed by atoms with E-state index in [4.69, 9.17) is 28.8 Å². The van der Waals surface area contributed by atoms with Crippen molar-refractivity contribution >= 4 is 54.6 Å². The van der Waals surface area contributed by atoms with Crippen LogP contribution in [0, 0.1) is 0 Å². The summed E-state index contributed by atoms with van der Waals surface area (Å²) in [5.41, 5.74) is 6.41. The molecule has 6 heteroatoms. The fourth-order valence-electron chi connectivity index (χ4n) is 6.65. The third-order valence-electron chi connectivity index (χ3n) is 8.94. The third-order valence-corrected chi connectivity index (χ3v) is 8.94. The van der Waals surface area contributed by atoms with E-state index in [0.29, 0.717) is 34.5 Å². The standard InChI is InChI=1S/C42H24N4O2/c1-2-12-26(13-3-1)39-44-40(32-18-10-20-35-36(32)31-17-8-9-19-34(31)47-35)46-41(45-39)33-24-28-15-6-7-16-30(28)38-37(33)43-42(48-38)29-22-21-25-11-4-5-14-27(25)23-29/h1-24H. The van der Waals surface area contributed by atoms with Crippen LogP contribution < -0.4 is 0 Å². The van der Waals surface area contributed by atoms with Crippen molar-refractivity contribution in [3.63, 3.8) is 0 Å². The van der Waals surface area contributed by atoms with Gasteiger partial charge >= 0.3 is 0 Å². The van der Waals surface area contributed by atoms with Crippen LogP contribution in [0.2, 0.25) is 0 Å². The fourth-order valence-corrected chi connectivity index (χ4v) is 6.65. The summed E-state index contributed by atoms with van der Waals surface area (Å²) in [4.78, 5) is 20.4. The molecule has 0 radical (unpaired) electrons. The first kappa shape index (κ1) is 26.5. The zero-order chi connectivity index (χ0) is 31.6. The van der Waals surface area contributed by atoms with Crippen molar-refractivity contribution in [3.05, 3.63) is 146 Å². The summed E-state index contributed by atoms with van der Waals surface area (Å²) >= 11 is 0. The minimum atomic E-state index is 0.512. The quantitative estimate of drug-likeness (QED) is 0.196. The van der Waals surface area contributed by atoms with Crippen LogP contribution in [0.25, 0.3) is 100 Å². The van der Waals surface area contributed by atoms with Gasteiger partial charge in [0, 0.05) is 38.4 Å². The number of rotatable bonds is 4. The number of hydrogen-bond donors (Lipinski definition) is 0. The summed E-state index contributed by atoms with van der Waals surface area (Å²) in [5, 5.41) is 6.24. The van der Waals surface area contributed by atoms with Crippen molar-refractivity contribution < 1.29 is 8.83 Å². The summed E-state index contributed by atoms with van der Waals surface area (Å²) in [5.74, 6) is 2.17. The molecule has 0 atom stereocenters. The van der Waals surface area contributed by atoms with E-state index in [1.807, 2.05) is 91.0 Å². The van der Waals surface area contributed by atoms with E-state index in [9.17, 15) is 0 Å². The molecule has 3 aromatic heterocycles. The largest absolute Gasteiger partial charge is 0.456 e. The van der Waals surface area contributed by atoms with E-state index >= 15 is 0 Å². The van der Waals surface area contributed by atoms with Crippen LogP contribution in [0.4, 0.5) is 0 Å². The van der Waals surface area contributed by atoms with Crippen molar-refractivity contribution in [1.29, 1.82) is 0 Å². The molecule has 0 fully saturated rings. The lowest BCUT2D eigenvalue weighted by atomic mass is 10.0. The molecule has 0 unspecified atom stereocenters. The summed E-state index contributed by atoms with van der Waals surface area (Å²) in [7, 11) is 0. The van der Waals surface area contributed by atoms with Crippen LogP contribution in [0.1, 0.15) is 0 Å². The Morgan fingerprint density at radius 1 is 0.396 bits per heavy atom. The number of para-hydroxylation sites is 1. The van der Waals surface area contributed by atoms with E-state index in [-0.39, 0.29) is 0 Å². The molecule has 0 amide bonds. The lowest BCUT2D eigenvalue weighted by molar-refractivity contribution is 0.623. The van der Waals surface area contributed by atoms with Crippen molar-refractivity contribution in [2.24, 2.45) is 0 Å². The number of furan rings is 1. The lowest BCUT2D eigenvalue weighted by Gasteiger charge is -2.10. The Morgan fingerprint density at radius 3 is 1.96 bits per heavy atom. The Bertz CT molecular complexity index is 2850. The number of fused-ring (bicyclic) bond motifs is 7. The van der Waals surface area contributed by atoms with Gasteiger partial charge < -0.3 is 8.83 Å². The maximum Gasteiger partial charge on any atom is 0.227 e. The Kier molecular flexibility index (Phi) is 5.77. The van der Waals surface area contributed by atoms with Crippen LogP contribution in [0.3, 0.4) is 0 Å². The molecule has 7 aromatic carbocycles. The molecule has 0 bridgehead atoms. The summed E-state index contributed by atoms with van der Waals surface area (Å²) in [6.45, 7) is 0. The average Bonchev–Trinajstić information content (AvgIpc) is 3.77. The van der Waals surface area contributed by atoms with Gasteiger partial charge in [0.15, 0.2) is 23.1 Å². The second kappa shape index (κ2) is 10.4. The van der Waals surface area contributed by atoms with Crippen LogP contribution >= 0.6 is 0 Å². The van der Waals surface area contributed by atoms with Crippen molar-refractivity contribution in [2.45, 2.75) is 0 Å². The van der Waals surface area contributed by atoms with E-state index in [1.54, 1.807) is 0 Å². The highest BCUT2D eigenvalue weighted by Gasteiger charge is 2.22. The number of aromatic nitrogens is 4. The normalized spacial score (nSPS) is 11.8. The topological polar surface area (TPSA) is 77.8 Å². The van der Waals surface area contributed by atoms with Crippen molar-refractivity contribution in [2.75, 3.05) is 0 Å². The monoisotopic (exact) mass is 616 g/mol. The van der Waals surface area contributed by atoms with Gasteiger partial charge in [-0.05, 0) is 46.5 Å².